The molecule has 0 radical (unpaired) electrons. The Morgan fingerprint density at radius 3 is 2.56 bits per heavy atom. The van der Waals surface area contributed by atoms with E-state index in [0.717, 1.165) is 15.6 Å². The molecular formula is C10H16N2O4S2. The number of sulfonamides is 1. The summed E-state index contributed by atoms with van der Waals surface area (Å²) < 4.78 is 25.6. The van der Waals surface area contributed by atoms with Crippen LogP contribution >= 0.6 is 11.3 Å². The highest BCUT2D eigenvalue weighted by atomic mass is 32.2. The molecule has 0 aromatic carbocycles. The lowest BCUT2D eigenvalue weighted by atomic mass is 10.2. The Morgan fingerprint density at radius 2 is 2.17 bits per heavy atom. The zero-order chi connectivity index (χ0) is 13.9. The third-order valence-electron chi connectivity index (χ3n) is 2.07. The molecule has 0 saturated carbocycles. The van der Waals surface area contributed by atoms with Crippen LogP contribution < -0.4 is 0 Å². The van der Waals surface area contributed by atoms with Gasteiger partial charge in [0.2, 0.25) is 0 Å². The van der Waals surface area contributed by atoms with Crippen molar-refractivity contribution in [3.63, 3.8) is 0 Å². The number of aromatic nitrogens is 1. The van der Waals surface area contributed by atoms with E-state index in [0.29, 0.717) is 5.01 Å². The van der Waals surface area contributed by atoms with Gasteiger partial charge in [0.25, 0.3) is 10.0 Å². The summed E-state index contributed by atoms with van der Waals surface area (Å²) >= 11 is 1.04. The molecule has 1 aromatic rings. The number of rotatable bonds is 6. The van der Waals surface area contributed by atoms with E-state index < -0.39 is 22.5 Å². The maximum Gasteiger partial charge on any atom is 0.318 e. The third-order valence-corrected chi connectivity index (χ3v) is 5.24. The summed E-state index contributed by atoms with van der Waals surface area (Å²) in [7, 11) is -3.76. The van der Waals surface area contributed by atoms with Gasteiger partial charge in [0.05, 0.1) is 11.2 Å². The molecule has 1 N–H and O–H groups in total. The Labute approximate surface area is 110 Å². The fourth-order valence-corrected chi connectivity index (χ4v) is 4.21. The van der Waals surface area contributed by atoms with Crippen molar-refractivity contribution in [3.05, 3.63) is 11.2 Å². The lowest BCUT2D eigenvalue weighted by molar-refractivity contribution is -0.137. The van der Waals surface area contributed by atoms with Crippen molar-refractivity contribution in [2.45, 2.75) is 25.0 Å². The Kier molecular flexibility index (Phi) is 4.83. The molecule has 1 rings (SSSR count). The van der Waals surface area contributed by atoms with E-state index in [9.17, 15) is 13.2 Å². The van der Waals surface area contributed by atoms with Gasteiger partial charge in [0.1, 0.15) is 6.54 Å². The Morgan fingerprint density at radius 1 is 1.56 bits per heavy atom. The van der Waals surface area contributed by atoms with Gasteiger partial charge < -0.3 is 5.11 Å². The molecule has 6 nitrogen and oxygen atoms in total. The monoisotopic (exact) mass is 292 g/mol. The second kappa shape index (κ2) is 5.77. The molecule has 0 bridgehead atoms. The molecule has 0 aliphatic rings. The minimum Gasteiger partial charge on any atom is -0.480 e. The molecule has 0 atom stereocenters. The van der Waals surface area contributed by atoms with Crippen LogP contribution in [0, 0.1) is 12.8 Å². The first kappa shape index (κ1) is 15.1. The highest BCUT2D eigenvalue weighted by Crippen LogP contribution is 2.22. The molecule has 0 amide bonds. The molecule has 1 aromatic heterocycles. The molecule has 1 heterocycles. The molecule has 0 aliphatic heterocycles. The third kappa shape index (κ3) is 3.76. The molecule has 8 heteroatoms. The summed E-state index contributed by atoms with van der Waals surface area (Å²) in [4.78, 5) is 14.6. The zero-order valence-electron chi connectivity index (χ0n) is 10.5. The number of hydrogen-bond acceptors (Lipinski definition) is 5. The number of aliphatic carboxylic acids is 1. The van der Waals surface area contributed by atoms with Gasteiger partial charge in [-0.1, -0.05) is 13.8 Å². The van der Waals surface area contributed by atoms with E-state index in [4.69, 9.17) is 5.11 Å². The summed E-state index contributed by atoms with van der Waals surface area (Å²) in [6.07, 6.45) is 1.27. The lowest BCUT2D eigenvalue weighted by Gasteiger charge is -2.20. The van der Waals surface area contributed by atoms with Gasteiger partial charge in [0, 0.05) is 6.54 Å². The fraction of sp³-hybridized carbons (Fsp3) is 0.600. The number of carboxylic acids is 1. The molecule has 0 saturated heterocycles. The van der Waals surface area contributed by atoms with Gasteiger partial charge in [-0.2, -0.15) is 4.31 Å². The number of carbonyl (C=O) groups is 1. The van der Waals surface area contributed by atoms with Gasteiger partial charge in [-0.25, -0.2) is 13.4 Å². The van der Waals surface area contributed by atoms with Gasteiger partial charge in [0.15, 0.2) is 4.21 Å². The first-order chi connectivity index (χ1) is 8.23. The second-order valence-electron chi connectivity index (χ2n) is 4.28. The van der Waals surface area contributed by atoms with Crippen LogP contribution in [0.25, 0.3) is 0 Å². The number of aryl methyl sites for hydroxylation is 1. The quantitative estimate of drug-likeness (QED) is 0.850. The molecule has 0 unspecified atom stereocenters. The van der Waals surface area contributed by atoms with Crippen molar-refractivity contribution in [3.8, 4) is 0 Å². The number of thiazole rings is 1. The highest BCUT2D eigenvalue weighted by Gasteiger charge is 2.28. The van der Waals surface area contributed by atoms with E-state index in [-0.39, 0.29) is 16.7 Å². The molecular weight excluding hydrogens is 276 g/mol. The number of carboxylic acid groups (broad SMARTS) is 1. The average molecular weight is 292 g/mol. The van der Waals surface area contributed by atoms with Crippen molar-refractivity contribution in [1.29, 1.82) is 0 Å². The SMILES string of the molecule is Cc1ncc(S(=O)(=O)N(CC(=O)O)CC(C)C)s1. The molecule has 0 aliphatic carbocycles. The van der Waals surface area contributed by atoms with Gasteiger partial charge in [-0.3, -0.25) is 4.79 Å². The maximum atomic E-state index is 12.2. The summed E-state index contributed by atoms with van der Waals surface area (Å²) in [5, 5.41) is 9.43. The summed E-state index contributed by atoms with van der Waals surface area (Å²) in [6, 6.07) is 0. The summed E-state index contributed by atoms with van der Waals surface area (Å²) in [5.74, 6) is -1.12. The first-order valence-corrected chi connectivity index (χ1v) is 7.63. The number of nitrogens with zero attached hydrogens (tertiary/aromatic N) is 2. The van der Waals surface area contributed by atoms with Crippen LogP contribution in [0.5, 0.6) is 0 Å². The van der Waals surface area contributed by atoms with E-state index in [1.54, 1.807) is 6.92 Å². The minimum atomic E-state index is -3.76. The molecule has 0 fully saturated rings. The smallest absolute Gasteiger partial charge is 0.318 e. The van der Waals surface area contributed by atoms with Crippen LogP contribution in [0.1, 0.15) is 18.9 Å². The van der Waals surface area contributed by atoms with Crippen molar-refractivity contribution < 1.29 is 18.3 Å². The van der Waals surface area contributed by atoms with Crippen molar-refractivity contribution in [2.24, 2.45) is 5.92 Å². The van der Waals surface area contributed by atoms with Gasteiger partial charge >= 0.3 is 5.97 Å². The molecule has 0 spiro atoms. The zero-order valence-corrected chi connectivity index (χ0v) is 12.1. The Bertz CT molecular complexity index is 522. The van der Waals surface area contributed by atoms with Crippen LogP contribution in [0.4, 0.5) is 0 Å². The summed E-state index contributed by atoms with van der Waals surface area (Å²) in [5.41, 5.74) is 0. The summed E-state index contributed by atoms with van der Waals surface area (Å²) in [6.45, 7) is 5.02. The average Bonchev–Trinajstić information content (AvgIpc) is 2.63. The normalized spacial score (nSPS) is 12.3. The Balaban J connectivity index is 3.06. The van der Waals surface area contributed by atoms with Crippen LogP contribution in [0.2, 0.25) is 0 Å². The van der Waals surface area contributed by atoms with Crippen LogP contribution in [-0.4, -0.2) is 41.9 Å². The number of hydrogen-bond donors (Lipinski definition) is 1. The largest absolute Gasteiger partial charge is 0.480 e. The predicted molar refractivity (Wildman–Crippen MR) is 68.1 cm³/mol. The first-order valence-electron chi connectivity index (χ1n) is 5.38. The molecule has 18 heavy (non-hydrogen) atoms. The van der Waals surface area contributed by atoms with Crippen molar-refractivity contribution >= 4 is 27.3 Å². The van der Waals surface area contributed by atoms with E-state index >= 15 is 0 Å². The van der Waals surface area contributed by atoms with Gasteiger partial charge in [-0.05, 0) is 12.8 Å². The topological polar surface area (TPSA) is 87.6 Å². The van der Waals surface area contributed by atoms with Crippen LogP contribution in [-0.2, 0) is 14.8 Å². The van der Waals surface area contributed by atoms with E-state index in [1.807, 2.05) is 13.8 Å². The van der Waals surface area contributed by atoms with E-state index in [1.165, 1.54) is 6.20 Å². The Hall–Kier alpha value is -0.990. The maximum absolute atomic E-state index is 12.2. The standard InChI is InChI=1S/C10H16N2O4S2/c1-7(2)5-12(6-9(13)14)18(15,16)10-4-11-8(3)17-10/h4,7H,5-6H2,1-3H3,(H,13,14). The van der Waals surface area contributed by atoms with Crippen molar-refractivity contribution in [1.82, 2.24) is 9.29 Å². The lowest BCUT2D eigenvalue weighted by Crippen LogP contribution is -2.37. The fourth-order valence-electron chi connectivity index (χ4n) is 1.39. The van der Waals surface area contributed by atoms with Gasteiger partial charge in [-0.15, -0.1) is 11.3 Å². The molecule has 102 valence electrons. The second-order valence-corrected chi connectivity index (χ2v) is 7.68. The van der Waals surface area contributed by atoms with Crippen LogP contribution in [0.3, 0.4) is 0 Å². The highest BCUT2D eigenvalue weighted by molar-refractivity contribution is 7.91. The van der Waals surface area contributed by atoms with Crippen LogP contribution in [0.15, 0.2) is 10.4 Å². The minimum absolute atomic E-state index is 0.0492. The van der Waals surface area contributed by atoms with Crippen molar-refractivity contribution in [2.75, 3.05) is 13.1 Å². The predicted octanol–water partition coefficient (Wildman–Crippen LogP) is 1.18. The van der Waals surface area contributed by atoms with E-state index in [2.05, 4.69) is 4.98 Å².